The molecule has 146 valence electrons. The summed E-state index contributed by atoms with van der Waals surface area (Å²) in [4.78, 5) is 17.0. The Morgan fingerprint density at radius 1 is 1.07 bits per heavy atom. The first-order chi connectivity index (χ1) is 14.1. The first-order valence-electron chi connectivity index (χ1n) is 9.64. The van der Waals surface area contributed by atoms with E-state index in [2.05, 4.69) is 29.4 Å². The Kier molecular flexibility index (Phi) is 5.58. The molecule has 0 aliphatic carbocycles. The second-order valence-corrected chi connectivity index (χ2v) is 8.15. The number of aromatic nitrogens is 1. The molecule has 0 bridgehead atoms. The summed E-state index contributed by atoms with van der Waals surface area (Å²) in [5, 5.41) is 14.0. The molecule has 0 aliphatic rings. The van der Waals surface area contributed by atoms with E-state index in [9.17, 15) is 9.90 Å². The average Bonchev–Trinajstić information content (AvgIpc) is 3.18. The lowest BCUT2D eigenvalue weighted by atomic mass is 9.96. The number of carbonyl (C=O) groups is 1. The van der Waals surface area contributed by atoms with Gasteiger partial charge in [-0.05, 0) is 48.2 Å². The predicted molar refractivity (Wildman–Crippen MR) is 119 cm³/mol. The molecular weight excluding hydrogens is 380 g/mol. The monoisotopic (exact) mass is 402 g/mol. The zero-order valence-corrected chi connectivity index (χ0v) is 16.9. The number of carbonyl (C=O) groups excluding carboxylic acids is 1. The molecule has 0 fully saturated rings. The number of nitrogens with one attached hydrogen (secondary N) is 1. The highest BCUT2D eigenvalue weighted by Crippen LogP contribution is 2.36. The van der Waals surface area contributed by atoms with Gasteiger partial charge in [0, 0.05) is 12.1 Å². The molecule has 4 rings (SSSR count). The molecule has 4 nitrogen and oxygen atoms in total. The van der Waals surface area contributed by atoms with Crippen LogP contribution in [0.15, 0.2) is 72.8 Å². The maximum absolute atomic E-state index is 12.4. The lowest BCUT2D eigenvalue weighted by Crippen LogP contribution is -2.12. The number of benzene rings is 3. The van der Waals surface area contributed by atoms with Crippen LogP contribution in [0.2, 0.25) is 0 Å². The summed E-state index contributed by atoms with van der Waals surface area (Å²) in [5.41, 5.74) is 3.43. The number of fused-ring (bicyclic) bond motifs is 1. The quantitative estimate of drug-likeness (QED) is 0.378. The Bertz CT molecular complexity index is 1110. The molecular formula is C24H22N2O2S. The van der Waals surface area contributed by atoms with Gasteiger partial charge < -0.3 is 10.4 Å². The van der Waals surface area contributed by atoms with Crippen molar-refractivity contribution in [2.24, 2.45) is 0 Å². The van der Waals surface area contributed by atoms with Crippen LogP contribution in [0, 0.1) is 0 Å². The number of hydrogen-bond donors (Lipinski definition) is 2. The normalized spacial score (nSPS) is 12.0. The Hall–Kier alpha value is -3.18. The van der Waals surface area contributed by atoms with E-state index >= 15 is 0 Å². The molecule has 1 heterocycles. The van der Waals surface area contributed by atoms with Gasteiger partial charge in [0.1, 0.15) is 10.8 Å². The number of para-hydroxylation sites is 1. The molecule has 0 aliphatic heterocycles. The highest BCUT2D eigenvalue weighted by Gasteiger charge is 2.13. The highest BCUT2D eigenvalue weighted by atomic mass is 32.1. The van der Waals surface area contributed by atoms with E-state index in [4.69, 9.17) is 0 Å². The summed E-state index contributed by atoms with van der Waals surface area (Å²) in [7, 11) is 0. The van der Waals surface area contributed by atoms with Crippen LogP contribution < -0.4 is 5.32 Å². The molecule has 1 aromatic heterocycles. The first kappa shape index (κ1) is 19.2. The smallest absolute Gasteiger partial charge is 0.224 e. The van der Waals surface area contributed by atoms with Gasteiger partial charge in [0.2, 0.25) is 5.91 Å². The number of thiazole rings is 1. The number of amides is 1. The van der Waals surface area contributed by atoms with Crippen molar-refractivity contribution in [3.05, 3.63) is 78.4 Å². The van der Waals surface area contributed by atoms with E-state index in [0.29, 0.717) is 23.6 Å². The number of phenols is 1. The lowest BCUT2D eigenvalue weighted by Gasteiger charge is -2.12. The summed E-state index contributed by atoms with van der Waals surface area (Å²) in [6.07, 6.45) is 1.21. The Morgan fingerprint density at radius 2 is 1.83 bits per heavy atom. The number of nitrogens with zero attached hydrogens (tertiary/aromatic N) is 1. The van der Waals surface area contributed by atoms with Crippen molar-refractivity contribution in [2.45, 2.75) is 25.7 Å². The minimum absolute atomic E-state index is 0.0336. The molecule has 0 spiro atoms. The van der Waals surface area contributed by atoms with E-state index in [-0.39, 0.29) is 11.7 Å². The third-order valence-electron chi connectivity index (χ3n) is 4.98. The van der Waals surface area contributed by atoms with E-state index in [0.717, 1.165) is 21.6 Å². The number of rotatable bonds is 6. The largest absolute Gasteiger partial charge is 0.507 e. The molecule has 29 heavy (non-hydrogen) atoms. The summed E-state index contributed by atoms with van der Waals surface area (Å²) >= 11 is 1.52. The van der Waals surface area contributed by atoms with Crippen molar-refractivity contribution >= 4 is 33.1 Å². The van der Waals surface area contributed by atoms with Crippen molar-refractivity contribution in [1.29, 1.82) is 0 Å². The minimum atomic E-state index is -0.0336. The number of hydrogen-bond acceptors (Lipinski definition) is 4. The molecule has 1 unspecified atom stereocenters. The van der Waals surface area contributed by atoms with Gasteiger partial charge in [-0.3, -0.25) is 4.79 Å². The van der Waals surface area contributed by atoms with Crippen LogP contribution in [0.25, 0.3) is 20.8 Å². The third-order valence-corrected chi connectivity index (χ3v) is 6.05. The van der Waals surface area contributed by atoms with Crippen LogP contribution in [0.4, 0.5) is 5.69 Å². The molecule has 0 saturated carbocycles. The van der Waals surface area contributed by atoms with Gasteiger partial charge in [0.15, 0.2) is 0 Å². The van der Waals surface area contributed by atoms with Crippen LogP contribution in [0.5, 0.6) is 5.75 Å². The average molecular weight is 403 g/mol. The number of phenolic OH excluding ortho intramolecular Hbond substituents is 1. The first-order valence-corrected chi connectivity index (χ1v) is 10.5. The van der Waals surface area contributed by atoms with Gasteiger partial charge in [-0.15, -0.1) is 11.3 Å². The fraction of sp³-hybridized carbons (Fsp3) is 0.167. The van der Waals surface area contributed by atoms with E-state index in [1.807, 2.05) is 42.5 Å². The molecule has 1 amide bonds. The van der Waals surface area contributed by atoms with Crippen molar-refractivity contribution in [1.82, 2.24) is 4.98 Å². The standard InChI is InChI=1S/C24H22N2O2S/c1-16(17-7-3-2-4-8-17)11-14-23(28)25-18-12-13-21(27)19(15-18)24-26-20-9-5-6-10-22(20)29-24/h2-10,12-13,15-16,27H,11,14H2,1H3,(H,25,28). The summed E-state index contributed by atoms with van der Waals surface area (Å²) in [5.74, 6) is 0.438. The van der Waals surface area contributed by atoms with Gasteiger partial charge >= 0.3 is 0 Å². The zero-order chi connectivity index (χ0) is 20.2. The molecule has 4 aromatic rings. The topological polar surface area (TPSA) is 62.2 Å². The SMILES string of the molecule is CC(CCC(=O)Nc1ccc(O)c(-c2nc3ccccc3s2)c1)c1ccccc1. The summed E-state index contributed by atoms with van der Waals surface area (Å²) in [6, 6.07) is 23.2. The Morgan fingerprint density at radius 3 is 2.62 bits per heavy atom. The van der Waals surface area contributed by atoms with Gasteiger partial charge in [-0.2, -0.15) is 0 Å². The third kappa shape index (κ3) is 4.46. The summed E-state index contributed by atoms with van der Waals surface area (Å²) in [6.45, 7) is 2.13. The second kappa shape index (κ2) is 8.45. The number of anilines is 1. The van der Waals surface area contributed by atoms with Crippen LogP contribution >= 0.6 is 11.3 Å². The molecule has 2 N–H and O–H groups in total. The maximum atomic E-state index is 12.4. The Balaban J connectivity index is 1.45. The van der Waals surface area contributed by atoms with Crippen molar-refractivity contribution in [2.75, 3.05) is 5.32 Å². The van der Waals surface area contributed by atoms with Gasteiger partial charge in [0.05, 0.1) is 15.8 Å². The second-order valence-electron chi connectivity index (χ2n) is 7.12. The van der Waals surface area contributed by atoms with Gasteiger partial charge in [-0.1, -0.05) is 49.4 Å². The fourth-order valence-electron chi connectivity index (χ4n) is 3.29. The highest BCUT2D eigenvalue weighted by molar-refractivity contribution is 7.21. The molecule has 0 radical (unpaired) electrons. The molecule has 1 atom stereocenters. The van der Waals surface area contributed by atoms with Crippen molar-refractivity contribution in [3.8, 4) is 16.3 Å². The number of aromatic hydroxyl groups is 1. The summed E-state index contributed by atoms with van der Waals surface area (Å²) < 4.78 is 1.06. The molecule has 0 saturated heterocycles. The van der Waals surface area contributed by atoms with Crippen molar-refractivity contribution in [3.63, 3.8) is 0 Å². The van der Waals surface area contributed by atoms with Crippen LogP contribution in [-0.4, -0.2) is 16.0 Å². The van der Waals surface area contributed by atoms with E-state index < -0.39 is 0 Å². The molecule has 5 heteroatoms. The van der Waals surface area contributed by atoms with Crippen molar-refractivity contribution < 1.29 is 9.90 Å². The maximum Gasteiger partial charge on any atom is 0.224 e. The van der Waals surface area contributed by atoms with E-state index in [1.54, 1.807) is 18.2 Å². The predicted octanol–water partition coefficient (Wildman–Crippen LogP) is 6.19. The van der Waals surface area contributed by atoms with Crippen LogP contribution in [0.3, 0.4) is 0 Å². The Labute approximate surface area is 173 Å². The zero-order valence-electron chi connectivity index (χ0n) is 16.1. The minimum Gasteiger partial charge on any atom is -0.507 e. The van der Waals surface area contributed by atoms with Gasteiger partial charge in [0.25, 0.3) is 0 Å². The fourth-order valence-corrected chi connectivity index (χ4v) is 4.28. The molecule has 3 aromatic carbocycles. The lowest BCUT2D eigenvalue weighted by molar-refractivity contribution is -0.116. The van der Waals surface area contributed by atoms with E-state index in [1.165, 1.54) is 16.9 Å². The van der Waals surface area contributed by atoms with Crippen LogP contribution in [-0.2, 0) is 4.79 Å². The van der Waals surface area contributed by atoms with Gasteiger partial charge in [-0.25, -0.2) is 4.98 Å². The van der Waals surface area contributed by atoms with Crippen LogP contribution in [0.1, 0.15) is 31.2 Å².